The molecule has 0 saturated carbocycles. The zero-order valence-corrected chi connectivity index (χ0v) is 16.4. The zero-order valence-electron chi connectivity index (χ0n) is 13.9. The number of nitrogens with zero attached hydrogens (tertiary/aromatic N) is 3. The zero-order chi connectivity index (χ0) is 16.2. The molecule has 0 bridgehead atoms. The van der Waals surface area contributed by atoms with E-state index in [1.165, 1.54) is 23.4 Å². The number of hydrogen-bond donors (Lipinski definition) is 0. The minimum Gasteiger partial charge on any atom is -0.377 e. The van der Waals surface area contributed by atoms with Crippen LogP contribution < -0.4 is 4.90 Å². The molecule has 0 atom stereocenters. The second-order valence-electron chi connectivity index (χ2n) is 5.37. The van der Waals surface area contributed by atoms with E-state index in [1.807, 2.05) is 43.1 Å². The molecule has 0 saturated heterocycles. The summed E-state index contributed by atoms with van der Waals surface area (Å²) in [5, 5.41) is 0.851. The summed E-state index contributed by atoms with van der Waals surface area (Å²) in [7, 11) is 4.08. The quantitative estimate of drug-likeness (QED) is 0.549. The summed E-state index contributed by atoms with van der Waals surface area (Å²) in [6.45, 7) is 0. The molecule has 3 nitrogen and oxygen atoms in total. The Morgan fingerprint density at radius 2 is 1.84 bits per heavy atom. The van der Waals surface area contributed by atoms with Crippen LogP contribution in [0.15, 0.2) is 66.1 Å². The molecule has 0 spiro atoms. The van der Waals surface area contributed by atoms with Crippen molar-refractivity contribution in [1.82, 2.24) is 9.55 Å². The first-order valence-corrected chi connectivity index (χ1v) is 8.31. The first-order valence-electron chi connectivity index (χ1n) is 7.32. The van der Waals surface area contributed by atoms with Crippen LogP contribution in [-0.2, 0) is 5.75 Å². The van der Waals surface area contributed by atoms with Gasteiger partial charge in [-0.25, -0.2) is 9.37 Å². The molecule has 134 valence electrons. The van der Waals surface area contributed by atoms with Crippen molar-refractivity contribution in [3.63, 3.8) is 0 Å². The van der Waals surface area contributed by atoms with Gasteiger partial charge in [0.25, 0.3) is 0 Å². The van der Waals surface area contributed by atoms with Crippen molar-refractivity contribution in [2.75, 3.05) is 19.0 Å². The van der Waals surface area contributed by atoms with E-state index in [1.54, 1.807) is 24.0 Å². The summed E-state index contributed by atoms with van der Waals surface area (Å²) in [4.78, 5) is 6.51. The Morgan fingerprint density at radius 3 is 2.56 bits per heavy atom. The van der Waals surface area contributed by atoms with Crippen molar-refractivity contribution in [2.45, 2.75) is 10.9 Å². The highest BCUT2D eigenvalue weighted by Gasteiger charge is 2.09. The predicted octanol–water partition coefficient (Wildman–Crippen LogP) is 5.21. The normalized spacial score (nSPS) is 9.88. The average Bonchev–Trinajstić information content (AvgIpc) is 3.01. The lowest BCUT2D eigenvalue weighted by Gasteiger charge is -2.17. The van der Waals surface area contributed by atoms with Gasteiger partial charge in [0.05, 0.1) is 5.69 Å². The van der Waals surface area contributed by atoms with E-state index in [9.17, 15) is 4.39 Å². The van der Waals surface area contributed by atoms with Crippen LogP contribution in [0, 0.1) is 5.82 Å². The number of thioether (sulfide) groups is 1. The molecular formula is C18H20Cl2FN3S. The molecule has 2 aromatic carbocycles. The fourth-order valence-corrected chi connectivity index (χ4v) is 3.40. The minimum absolute atomic E-state index is 0. The number of rotatable bonds is 5. The lowest BCUT2D eigenvalue weighted by Crippen LogP contribution is -2.10. The summed E-state index contributed by atoms with van der Waals surface area (Å²) in [5.41, 5.74) is 3.23. The Kier molecular flexibility index (Phi) is 8.29. The van der Waals surface area contributed by atoms with Crippen LogP contribution in [-0.4, -0.2) is 23.6 Å². The predicted molar refractivity (Wildman–Crippen MR) is 108 cm³/mol. The summed E-state index contributed by atoms with van der Waals surface area (Å²) < 4.78 is 15.3. The number of imidazole rings is 1. The van der Waals surface area contributed by atoms with Gasteiger partial charge in [-0.05, 0) is 29.8 Å². The fraction of sp³-hybridized carbons (Fsp3) is 0.167. The van der Waals surface area contributed by atoms with Gasteiger partial charge in [0.2, 0.25) is 0 Å². The maximum atomic E-state index is 13.4. The van der Waals surface area contributed by atoms with Gasteiger partial charge in [-0.3, -0.25) is 4.57 Å². The van der Waals surface area contributed by atoms with Gasteiger partial charge in [0, 0.05) is 37.9 Å². The van der Waals surface area contributed by atoms with Crippen LogP contribution in [0.2, 0.25) is 0 Å². The molecule has 0 N–H and O–H groups in total. The standard InChI is InChI=1S/C18H18FN3S.2ClH/c1-21(2)17-9-4-3-6-14(17)13-23-18-20-10-11-22(18)16-8-5-7-15(19)12-16;;/h3-12H,13H2,1-2H3;2*1H. The van der Waals surface area contributed by atoms with E-state index < -0.39 is 0 Å². The highest BCUT2D eigenvalue weighted by Crippen LogP contribution is 2.28. The highest BCUT2D eigenvalue weighted by atomic mass is 35.5. The van der Waals surface area contributed by atoms with Crippen LogP contribution in [0.1, 0.15) is 5.56 Å². The smallest absolute Gasteiger partial charge is 0.172 e. The van der Waals surface area contributed by atoms with Gasteiger partial charge in [0.15, 0.2) is 5.16 Å². The third-order valence-electron chi connectivity index (χ3n) is 3.52. The maximum Gasteiger partial charge on any atom is 0.172 e. The Labute approximate surface area is 164 Å². The minimum atomic E-state index is -0.245. The molecule has 3 rings (SSSR count). The average molecular weight is 400 g/mol. The van der Waals surface area contributed by atoms with Crippen LogP contribution in [0.25, 0.3) is 5.69 Å². The molecule has 0 radical (unpaired) electrons. The Hall–Kier alpha value is -1.69. The molecule has 0 aliphatic carbocycles. The number of benzene rings is 2. The number of aromatic nitrogens is 2. The number of halogens is 3. The molecule has 0 aliphatic rings. The van der Waals surface area contributed by atoms with E-state index in [-0.39, 0.29) is 30.6 Å². The van der Waals surface area contributed by atoms with Crippen LogP contribution in [0.4, 0.5) is 10.1 Å². The molecule has 0 amide bonds. The first kappa shape index (κ1) is 21.4. The Bertz CT molecular complexity index is 808. The molecule has 1 heterocycles. The van der Waals surface area contributed by atoms with Gasteiger partial charge in [0.1, 0.15) is 5.82 Å². The summed E-state index contributed by atoms with van der Waals surface area (Å²) in [6.07, 6.45) is 3.60. The van der Waals surface area contributed by atoms with Crippen molar-refractivity contribution in [3.05, 3.63) is 72.3 Å². The molecule has 3 aromatic rings. The van der Waals surface area contributed by atoms with Crippen LogP contribution >= 0.6 is 36.6 Å². The summed E-state index contributed by atoms with van der Waals surface area (Å²) in [5.74, 6) is 0.561. The lowest BCUT2D eigenvalue weighted by molar-refractivity contribution is 0.626. The molecule has 0 fully saturated rings. The fourth-order valence-electron chi connectivity index (χ4n) is 2.43. The van der Waals surface area contributed by atoms with Gasteiger partial charge in [-0.1, -0.05) is 36.0 Å². The number of para-hydroxylation sites is 1. The number of hydrogen-bond acceptors (Lipinski definition) is 3. The van der Waals surface area contributed by atoms with Crippen molar-refractivity contribution >= 4 is 42.3 Å². The number of anilines is 1. The molecular weight excluding hydrogens is 380 g/mol. The summed E-state index contributed by atoms with van der Waals surface area (Å²) in [6, 6.07) is 14.9. The Balaban J connectivity index is 0.00000156. The van der Waals surface area contributed by atoms with E-state index in [2.05, 4.69) is 22.0 Å². The van der Waals surface area contributed by atoms with E-state index in [0.29, 0.717) is 0 Å². The second-order valence-corrected chi connectivity index (χ2v) is 6.31. The second kappa shape index (κ2) is 9.70. The topological polar surface area (TPSA) is 21.1 Å². The van der Waals surface area contributed by atoms with E-state index >= 15 is 0 Å². The van der Waals surface area contributed by atoms with Crippen molar-refractivity contribution in [1.29, 1.82) is 0 Å². The van der Waals surface area contributed by atoms with E-state index in [4.69, 9.17) is 0 Å². The van der Waals surface area contributed by atoms with Gasteiger partial charge in [-0.15, -0.1) is 24.8 Å². The largest absolute Gasteiger partial charge is 0.377 e. The third kappa shape index (κ3) is 5.14. The van der Waals surface area contributed by atoms with Gasteiger partial charge >= 0.3 is 0 Å². The van der Waals surface area contributed by atoms with Gasteiger partial charge in [-0.2, -0.15) is 0 Å². The van der Waals surface area contributed by atoms with Crippen LogP contribution in [0.5, 0.6) is 0 Å². The molecule has 7 heteroatoms. The first-order chi connectivity index (χ1) is 11.1. The summed E-state index contributed by atoms with van der Waals surface area (Å²) >= 11 is 1.64. The maximum absolute atomic E-state index is 13.4. The molecule has 0 unspecified atom stereocenters. The molecule has 0 aliphatic heterocycles. The third-order valence-corrected chi connectivity index (χ3v) is 4.54. The lowest BCUT2D eigenvalue weighted by atomic mass is 10.2. The SMILES string of the molecule is CN(C)c1ccccc1CSc1nccn1-c1cccc(F)c1.Cl.Cl. The monoisotopic (exact) mass is 399 g/mol. The van der Waals surface area contributed by atoms with Crippen molar-refractivity contribution in [3.8, 4) is 5.69 Å². The van der Waals surface area contributed by atoms with E-state index in [0.717, 1.165) is 16.6 Å². The highest BCUT2D eigenvalue weighted by molar-refractivity contribution is 7.98. The molecule has 25 heavy (non-hydrogen) atoms. The van der Waals surface area contributed by atoms with Crippen molar-refractivity contribution < 1.29 is 4.39 Å². The van der Waals surface area contributed by atoms with Crippen LogP contribution in [0.3, 0.4) is 0 Å². The van der Waals surface area contributed by atoms with Gasteiger partial charge < -0.3 is 4.90 Å². The molecule has 1 aromatic heterocycles. The van der Waals surface area contributed by atoms with Crippen molar-refractivity contribution in [2.24, 2.45) is 0 Å². The Morgan fingerprint density at radius 1 is 1.08 bits per heavy atom.